The van der Waals surface area contributed by atoms with Gasteiger partial charge in [0.1, 0.15) is 0 Å². The van der Waals surface area contributed by atoms with Gasteiger partial charge in [-0.25, -0.2) is 18.1 Å². The summed E-state index contributed by atoms with van der Waals surface area (Å²) in [4.78, 5) is 0. The summed E-state index contributed by atoms with van der Waals surface area (Å²) >= 11 is 1.36. The van der Waals surface area contributed by atoms with Crippen molar-refractivity contribution in [3.63, 3.8) is 0 Å². The van der Waals surface area contributed by atoms with Crippen molar-refractivity contribution in [3.05, 3.63) is 107 Å². The molecule has 2 atom stereocenters. The van der Waals surface area contributed by atoms with E-state index in [9.17, 15) is 0 Å². The van der Waals surface area contributed by atoms with Crippen LogP contribution in [0.5, 0.6) is 0 Å². The number of fused-ring (bicyclic) bond motifs is 6. The Morgan fingerprint density at radius 3 is 1.90 bits per heavy atom. The number of hydrogen-bond donors (Lipinski definition) is 0. The first kappa shape index (κ1) is 43.6. The van der Waals surface area contributed by atoms with Gasteiger partial charge in [-0.15, -0.1) is 38.2 Å². The molecule has 7 aliphatic rings. The van der Waals surface area contributed by atoms with Crippen LogP contribution in [0.4, 0.5) is 0 Å². The Bertz CT molecular complexity index is 1320. The second kappa shape index (κ2) is 18.8. The second-order valence-electron chi connectivity index (χ2n) is 15.9. The van der Waals surface area contributed by atoms with Crippen molar-refractivity contribution in [2.45, 2.75) is 132 Å². The summed E-state index contributed by atoms with van der Waals surface area (Å²) in [5.41, 5.74) is 10.3. The van der Waals surface area contributed by atoms with E-state index in [4.69, 9.17) is 0 Å². The molecule has 2 radical (unpaired) electrons. The Hall–Kier alpha value is -0.530. The van der Waals surface area contributed by atoms with E-state index in [0.717, 1.165) is 12.8 Å². The molecule has 0 nitrogen and oxygen atoms in total. The third kappa shape index (κ3) is 8.08. The molecule has 7 aliphatic carbocycles. The summed E-state index contributed by atoms with van der Waals surface area (Å²) in [6, 6.07) is 9.16. The Balaban J connectivity index is 0.000000344. The zero-order valence-corrected chi connectivity index (χ0v) is 36.3. The monoisotopic (exact) mass is 778 g/mol. The van der Waals surface area contributed by atoms with E-state index in [1.807, 2.05) is 12.2 Å². The van der Waals surface area contributed by atoms with Crippen LogP contribution in [-0.4, -0.2) is 6.88 Å². The molecular weight excluding hydrogens is 719 g/mol. The fraction of sp³-hybridized carbons (Fsp3) is 0.568. The van der Waals surface area contributed by atoms with Crippen LogP contribution in [0.3, 0.4) is 0 Å². The molecule has 0 amide bonds. The van der Waals surface area contributed by atoms with Gasteiger partial charge in [-0.1, -0.05) is 139 Å². The molecule has 48 heavy (non-hydrogen) atoms. The van der Waals surface area contributed by atoms with Gasteiger partial charge in [0.25, 0.3) is 0 Å². The molecule has 3 saturated carbocycles. The molecule has 0 N–H and O–H groups in total. The van der Waals surface area contributed by atoms with Crippen molar-refractivity contribution in [2.75, 3.05) is 0 Å². The molecule has 3 fully saturated rings. The molecule has 264 valence electrons. The number of hydrogen-bond acceptors (Lipinski definition) is 0. The molecule has 8 rings (SSSR count). The van der Waals surface area contributed by atoms with Crippen LogP contribution in [-0.2, 0) is 29.8 Å². The first-order valence-corrected chi connectivity index (χ1v) is 22.3. The SMILES string of the molecule is C[C-]1C2=C3Cc4ccccc4C3=C3C=CCCC3C2(C)C(C)(C)C(C)(C)C1(C)C.Cl.Cl.[C-]1=CC=CC1.[CH-]1CCCC1.[CH-]1CCCC1.[Si]=[Zr]. The topological polar surface area (TPSA) is 0 Å². The second-order valence-corrected chi connectivity index (χ2v) is 15.9. The summed E-state index contributed by atoms with van der Waals surface area (Å²) in [6.07, 6.45) is 34.5. The normalized spacial score (nSPS) is 27.0. The van der Waals surface area contributed by atoms with Crippen molar-refractivity contribution in [1.82, 2.24) is 0 Å². The van der Waals surface area contributed by atoms with E-state index in [1.165, 1.54) is 98.7 Å². The first-order chi connectivity index (χ1) is 22.0. The summed E-state index contributed by atoms with van der Waals surface area (Å²) < 4.78 is 0. The number of rotatable bonds is 0. The predicted octanol–water partition coefficient (Wildman–Crippen LogP) is 13.3. The molecular formula is C44H62Cl2SiZr-4. The van der Waals surface area contributed by atoms with Crippen LogP contribution in [0, 0.1) is 52.4 Å². The van der Waals surface area contributed by atoms with Crippen molar-refractivity contribution < 1.29 is 23.3 Å². The van der Waals surface area contributed by atoms with Crippen molar-refractivity contribution in [2.24, 2.45) is 27.6 Å². The maximum atomic E-state index is 3.06. The van der Waals surface area contributed by atoms with E-state index in [1.54, 1.807) is 28.2 Å². The summed E-state index contributed by atoms with van der Waals surface area (Å²) in [5.74, 6) is 2.24. The Morgan fingerprint density at radius 1 is 0.833 bits per heavy atom. The molecule has 2 unspecified atom stereocenters. The van der Waals surface area contributed by atoms with Crippen LogP contribution < -0.4 is 0 Å². The van der Waals surface area contributed by atoms with Gasteiger partial charge < -0.3 is 12.8 Å². The predicted molar refractivity (Wildman–Crippen MR) is 212 cm³/mol. The Labute approximate surface area is 325 Å². The van der Waals surface area contributed by atoms with Crippen molar-refractivity contribution in [1.29, 1.82) is 0 Å². The molecule has 0 aromatic heterocycles. The van der Waals surface area contributed by atoms with E-state index in [2.05, 4.69) is 124 Å². The molecule has 4 heteroatoms. The number of benzene rings is 1. The summed E-state index contributed by atoms with van der Waals surface area (Å²) in [7, 11) is 0. The Kier molecular flexibility index (Phi) is 17.1. The van der Waals surface area contributed by atoms with Gasteiger partial charge in [-0.05, 0) is 40.6 Å². The van der Waals surface area contributed by atoms with Crippen molar-refractivity contribution >= 4 is 37.3 Å². The number of halogens is 2. The quantitative estimate of drug-likeness (QED) is 0.182. The molecule has 0 bridgehead atoms. The van der Waals surface area contributed by atoms with Crippen molar-refractivity contribution in [3.8, 4) is 0 Å². The van der Waals surface area contributed by atoms with E-state index in [-0.39, 0.29) is 46.5 Å². The third-order valence-corrected chi connectivity index (χ3v) is 13.5. The third-order valence-electron chi connectivity index (χ3n) is 13.5. The fourth-order valence-electron chi connectivity index (χ4n) is 9.35. The summed E-state index contributed by atoms with van der Waals surface area (Å²) in [5, 5.41) is 0. The standard InChI is InChI=1S/C29H37.2C5H9.C5H5.2ClH.Si.Zr/c1-18-25-22-17-19-13-9-10-14-20(19)24(22)21-15-11-12-16-23(21)29(25,8)28(6,7)27(4,5)26(18,2)3;3*1-2-4-5-3-1;;;;/h9-11,13-15,23H,12,16-17H2,1-8H3;2*1H,2-5H2;1-3H,4H2;2*1H;;/q4*-1;;;;. The van der Waals surface area contributed by atoms with Crippen LogP contribution in [0.15, 0.2) is 71.4 Å². The van der Waals surface area contributed by atoms with Gasteiger partial charge in [-0.3, -0.25) is 6.08 Å². The Morgan fingerprint density at radius 2 is 1.42 bits per heavy atom. The fourth-order valence-corrected chi connectivity index (χ4v) is 9.35. The molecule has 0 spiro atoms. The van der Waals surface area contributed by atoms with Gasteiger partial charge in [0.05, 0.1) is 0 Å². The molecule has 0 aliphatic heterocycles. The molecule has 0 heterocycles. The van der Waals surface area contributed by atoms with Gasteiger partial charge in [-0.2, -0.15) is 42.9 Å². The first-order valence-electron chi connectivity index (χ1n) is 18.2. The van der Waals surface area contributed by atoms with Crippen LogP contribution in [0.2, 0.25) is 0 Å². The van der Waals surface area contributed by atoms with Gasteiger partial charge in [0.15, 0.2) is 0 Å². The molecule has 0 saturated heterocycles. The average Bonchev–Trinajstić information content (AvgIpc) is 3.91. The van der Waals surface area contributed by atoms with Gasteiger partial charge >= 0.3 is 30.2 Å². The number of allylic oxidation sites excluding steroid dienone is 10. The van der Waals surface area contributed by atoms with Crippen LogP contribution >= 0.6 is 24.8 Å². The zero-order valence-electron chi connectivity index (χ0n) is 31.2. The van der Waals surface area contributed by atoms with E-state index < -0.39 is 0 Å². The van der Waals surface area contributed by atoms with Gasteiger partial charge in [0, 0.05) is 0 Å². The molecule has 1 aromatic carbocycles. The van der Waals surface area contributed by atoms with Gasteiger partial charge in [0.2, 0.25) is 0 Å². The zero-order chi connectivity index (χ0) is 33.6. The minimum atomic E-state index is 0. The maximum absolute atomic E-state index is 3.06. The minimum absolute atomic E-state index is 0. The van der Waals surface area contributed by atoms with E-state index in [0.29, 0.717) is 5.92 Å². The summed E-state index contributed by atoms with van der Waals surface area (Å²) in [6.45, 7) is 23.4. The van der Waals surface area contributed by atoms with E-state index >= 15 is 0 Å². The van der Waals surface area contributed by atoms with Crippen LogP contribution in [0.25, 0.3) is 5.57 Å². The molecule has 1 aromatic rings. The average molecular weight is 781 g/mol. The van der Waals surface area contributed by atoms with Crippen LogP contribution in [0.1, 0.15) is 137 Å².